The molecule has 0 saturated heterocycles. The van der Waals surface area contributed by atoms with Crippen molar-refractivity contribution < 1.29 is 8.42 Å². The van der Waals surface area contributed by atoms with Crippen LogP contribution in [0.4, 0.5) is 0 Å². The van der Waals surface area contributed by atoms with Crippen LogP contribution < -0.4 is 4.72 Å². The molecule has 3 nitrogen and oxygen atoms in total. The molecular weight excluding hydrogens is 294 g/mol. The zero-order chi connectivity index (χ0) is 15.5. The molecule has 22 heavy (non-hydrogen) atoms. The van der Waals surface area contributed by atoms with E-state index in [-0.39, 0.29) is 5.54 Å². The van der Waals surface area contributed by atoms with Crippen LogP contribution in [0.2, 0.25) is 0 Å². The number of sulfonamides is 1. The Kier molecular flexibility index (Phi) is 3.22. The number of hydrogen-bond acceptors (Lipinski definition) is 2. The summed E-state index contributed by atoms with van der Waals surface area (Å²) in [6.45, 7) is 3.89. The van der Waals surface area contributed by atoms with E-state index in [1.54, 1.807) is 6.07 Å². The molecule has 0 radical (unpaired) electrons. The van der Waals surface area contributed by atoms with Gasteiger partial charge in [-0.15, -0.1) is 0 Å². The highest BCUT2D eigenvalue weighted by Crippen LogP contribution is 2.56. The summed E-state index contributed by atoms with van der Waals surface area (Å²) >= 11 is 0. The first-order valence-corrected chi connectivity index (χ1v) is 9.95. The van der Waals surface area contributed by atoms with Crippen molar-refractivity contribution in [2.45, 2.75) is 62.8 Å². The lowest BCUT2D eigenvalue weighted by molar-refractivity contribution is -0.00810. The minimum Gasteiger partial charge on any atom is -0.207 e. The predicted octanol–water partition coefficient (Wildman–Crippen LogP) is 3.55. The van der Waals surface area contributed by atoms with Crippen molar-refractivity contribution in [3.05, 3.63) is 29.3 Å². The van der Waals surface area contributed by atoms with Gasteiger partial charge in [-0.3, -0.25) is 0 Å². The molecule has 1 N–H and O–H groups in total. The summed E-state index contributed by atoms with van der Waals surface area (Å²) in [6, 6.07) is 5.60. The fourth-order valence-corrected chi connectivity index (χ4v) is 7.34. The molecule has 0 amide bonds. The number of hydrogen-bond donors (Lipinski definition) is 1. The molecule has 0 unspecified atom stereocenters. The third kappa shape index (κ3) is 2.41. The third-order valence-corrected chi connectivity index (χ3v) is 7.75. The molecular formula is C18H25NO2S. The highest BCUT2D eigenvalue weighted by Gasteiger charge is 2.52. The fourth-order valence-electron chi connectivity index (χ4n) is 5.68. The zero-order valence-corrected chi connectivity index (χ0v) is 14.2. The van der Waals surface area contributed by atoms with Crippen LogP contribution in [-0.4, -0.2) is 14.0 Å². The van der Waals surface area contributed by atoms with Crippen molar-refractivity contribution in [1.29, 1.82) is 0 Å². The van der Waals surface area contributed by atoms with E-state index in [1.165, 1.54) is 19.3 Å². The van der Waals surface area contributed by atoms with Crippen molar-refractivity contribution in [1.82, 2.24) is 4.72 Å². The quantitative estimate of drug-likeness (QED) is 0.926. The van der Waals surface area contributed by atoms with Crippen LogP contribution in [0.1, 0.15) is 49.7 Å². The molecule has 4 saturated carbocycles. The van der Waals surface area contributed by atoms with Gasteiger partial charge in [0.2, 0.25) is 10.0 Å². The Morgan fingerprint density at radius 3 is 2.05 bits per heavy atom. The average molecular weight is 319 g/mol. The van der Waals surface area contributed by atoms with Gasteiger partial charge < -0.3 is 0 Å². The third-order valence-electron chi connectivity index (χ3n) is 6.01. The van der Waals surface area contributed by atoms with Crippen LogP contribution in [-0.2, 0) is 10.0 Å². The van der Waals surface area contributed by atoms with Crippen molar-refractivity contribution in [2.24, 2.45) is 17.8 Å². The molecule has 1 aromatic carbocycles. The Morgan fingerprint density at radius 2 is 1.55 bits per heavy atom. The van der Waals surface area contributed by atoms with Gasteiger partial charge in [0.1, 0.15) is 0 Å². The van der Waals surface area contributed by atoms with Crippen molar-refractivity contribution in [2.75, 3.05) is 0 Å². The Balaban J connectivity index is 1.65. The molecule has 0 atom stereocenters. The van der Waals surface area contributed by atoms with Crippen LogP contribution >= 0.6 is 0 Å². The maximum atomic E-state index is 12.9. The maximum absolute atomic E-state index is 12.9. The van der Waals surface area contributed by atoms with E-state index in [4.69, 9.17) is 0 Å². The first-order valence-electron chi connectivity index (χ1n) is 8.46. The largest absolute Gasteiger partial charge is 0.241 e. The van der Waals surface area contributed by atoms with Gasteiger partial charge in [0, 0.05) is 5.54 Å². The van der Waals surface area contributed by atoms with Crippen molar-refractivity contribution in [3.8, 4) is 0 Å². The van der Waals surface area contributed by atoms with Gasteiger partial charge >= 0.3 is 0 Å². The molecule has 4 aliphatic carbocycles. The summed E-state index contributed by atoms with van der Waals surface area (Å²) in [5, 5.41) is 0. The van der Waals surface area contributed by atoms with E-state index in [2.05, 4.69) is 4.72 Å². The number of benzene rings is 1. The van der Waals surface area contributed by atoms with Crippen LogP contribution in [0.5, 0.6) is 0 Å². The second kappa shape index (κ2) is 4.81. The minimum absolute atomic E-state index is 0.162. The average Bonchev–Trinajstić information content (AvgIpc) is 2.34. The Hall–Kier alpha value is -0.870. The van der Waals surface area contributed by atoms with E-state index in [0.29, 0.717) is 4.90 Å². The first kappa shape index (κ1) is 14.7. The fraction of sp³-hybridized carbons (Fsp3) is 0.667. The molecule has 120 valence electrons. The summed E-state index contributed by atoms with van der Waals surface area (Å²) in [6.07, 6.45) is 7.11. The summed E-state index contributed by atoms with van der Waals surface area (Å²) in [4.78, 5) is 0.453. The van der Waals surface area contributed by atoms with Crippen molar-refractivity contribution >= 4 is 10.0 Å². The first-order chi connectivity index (χ1) is 10.4. The number of aryl methyl sites for hydroxylation is 2. The van der Waals surface area contributed by atoms with Gasteiger partial charge in [0.05, 0.1) is 4.90 Å². The molecule has 0 aliphatic heterocycles. The van der Waals surface area contributed by atoms with Crippen LogP contribution in [0.3, 0.4) is 0 Å². The highest BCUT2D eigenvalue weighted by molar-refractivity contribution is 7.89. The Morgan fingerprint density at radius 1 is 1.00 bits per heavy atom. The molecule has 5 rings (SSSR count). The molecule has 4 aliphatic rings. The molecule has 0 spiro atoms. The molecule has 4 heteroatoms. The zero-order valence-electron chi connectivity index (χ0n) is 13.4. The van der Waals surface area contributed by atoms with Gasteiger partial charge in [-0.2, -0.15) is 0 Å². The van der Waals surface area contributed by atoms with E-state index >= 15 is 0 Å². The lowest BCUT2D eigenvalue weighted by atomic mass is 9.53. The Labute approximate surface area is 133 Å². The van der Waals surface area contributed by atoms with E-state index in [1.807, 2.05) is 26.0 Å². The maximum Gasteiger partial charge on any atom is 0.241 e. The summed E-state index contributed by atoms with van der Waals surface area (Å²) in [7, 11) is -3.42. The molecule has 0 aromatic heterocycles. The Bertz CT molecular complexity index is 673. The van der Waals surface area contributed by atoms with Crippen LogP contribution in [0, 0.1) is 31.6 Å². The molecule has 4 fully saturated rings. The van der Waals surface area contributed by atoms with Crippen molar-refractivity contribution in [3.63, 3.8) is 0 Å². The van der Waals surface area contributed by atoms with E-state index in [9.17, 15) is 8.42 Å². The summed E-state index contributed by atoms with van der Waals surface area (Å²) in [5.41, 5.74) is 1.79. The molecule has 4 bridgehead atoms. The SMILES string of the molecule is Cc1ccc(S(=O)(=O)NC23CC4CC(CC(C4)C2)C3)c(C)c1. The number of rotatable bonds is 3. The second-order valence-corrected chi connectivity index (χ2v) is 9.72. The van der Waals surface area contributed by atoms with Gasteiger partial charge in [-0.1, -0.05) is 17.7 Å². The lowest BCUT2D eigenvalue weighted by Gasteiger charge is -2.56. The van der Waals surface area contributed by atoms with Gasteiger partial charge in [-0.25, -0.2) is 13.1 Å². The molecule has 0 heterocycles. The van der Waals surface area contributed by atoms with Gasteiger partial charge in [0.15, 0.2) is 0 Å². The predicted molar refractivity (Wildman–Crippen MR) is 87.1 cm³/mol. The summed E-state index contributed by atoms with van der Waals surface area (Å²) < 4.78 is 29.0. The number of nitrogens with one attached hydrogen (secondary N) is 1. The molecule has 1 aromatic rings. The van der Waals surface area contributed by atoms with Crippen LogP contribution in [0.25, 0.3) is 0 Å². The summed E-state index contributed by atoms with van der Waals surface area (Å²) in [5.74, 6) is 2.23. The lowest BCUT2D eigenvalue weighted by Crippen LogP contribution is -2.59. The normalized spacial score (nSPS) is 36.7. The topological polar surface area (TPSA) is 46.2 Å². The smallest absolute Gasteiger partial charge is 0.207 e. The van der Waals surface area contributed by atoms with Gasteiger partial charge in [-0.05, 0) is 81.8 Å². The standard InChI is InChI=1S/C18H25NO2S/c1-12-3-4-17(13(2)5-12)22(20,21)19-18-9-14-6-15(10-18)8-16(7-14)11-18/h3-5,14-16,19H,6-11H2,1-2H3. The monoisotopic (exact) mass is 319 g/mol. The second-order valence-electron chi connectivity index (χ2n) is 8.07. The van der Waals surface area contributed by atoms with Gasteiger partial charge in [0.25, 0.3) is 0 Å². The van der Waals surface area contributed by atoms with E-state index < -0.39 is 10.0 Å². The van der Waals surface area contributed by atoms with E-state index in [0.717, 1.165) is 48.1 Å². The van der Waals surface area contributed by atoms with Crippen LogP contribution in [0.15, 0.2) is 23.1 Å². The highest BCUT2D eigenvalue weighted by atomic mass is 32.2. The minimum atomic E-state index is -3.42.